The van der Waals surface area contributed by atoms with Crippen LogP contribution in [0.5, 0.6) is 0 Å². The maximum Gasteiger partial charge on any atom is 0.323 e. The number of aromatic nitrogens is 2. The number of hydrogen-bond acceptors (Lipinski definition) is 4. The fourth-order valence-corrected chi connectivity index (χ4v) is 2.97. The van der Waals surface area contributed by atoms with Crippen molar-refractivity contribution in [3.63, 3.8) is 0 Å². The summed E-state index contributed by atoms with van der Waals surface area (Å²) in [5.41, 5.74) is 5.26. The minimum Gasteiger partial charge on any atom is -0.416 e. The lowest BCUT2D eigenvalue weighted by Crippen LogP contribution is -2.19. The third-order valence-corrected chi connectivity index (χ3v) is 4.47. The molecule has 0 saturated heterocycles. The summed E-state index contributed by atoms with van der Waals surface area (Å²) in [6, 6.07) is 22.4. The van der Waals surface area contributed by atoms with Gasteiger partial charge < -0.3 is 15.1 Å². The molecular weight excluding hydrogens is 364 g/mol. The molecule has 1 heterocycles. The molecule has 29 heavy (non-hydrogen) atoms. The maximum absolute atomic E-state index is 12.3. The third-order valence-electron chi connectivity index (χ3n) is 4.47. The van der Waals surface area contributed by atoms with Gasteiger partial charge >= 0.3 is 6.03 Å². The first-order valence-electron chi connectivity index (χ1n) is 9.23. The maximum atomic E-state index is 12.3. The lowest BCUT2D eigenvalue weighted by atomic mass is 10.1. The minimum absolute atomic E-state index is 0.297. The van der Waals surface area contributed by atoms with Gasteiger partial charge in [0.05, 0.1) is 0 Å². The van der Waals surface area contributed by atoms with Crippen molar-refractivity contribution >= 4 is 17.4 Å². The van der Waals surface area contributed by atoms with Crippen LogP contribution in [0, 0.1) is 13.8 Å². The average Bonchev–Trinajstić information content (AvgIpc) is 3.22. The second-order valence-electron chi connectivity index (χ2n) is 6.75. The summed E-state index contributed by atoms with van der Waals surface area (Å²) in [6.45, 7) is 3.98. The molecule has 4 rings (SSSR count). The molecule has 0 aliphatic heterocycles. The SMILES string of the molecule is Cc1ccc(NC(=O)Nc2ccc(-c3nnc(-c4ccccc4)o3)cc2)c(C)c1. The Morgan fingerprint density at radius 1 is 0.793 bits per heavy atom. The number of aryl methyl sites for hydroxylation is 2. The summed E-state index contributed by atoms with van der Waals surface area (Å²) >= 11 is 0. The van der Waals surface area contributed by atoms with Gasteiger partial charge in [0.15, 0.2) is 0 Å². The van der Waals surface area contributed by atoms with E-state index in [1.807, 2.05) is 74.5 Å². The van der Waals surface area contributed by atoms with Gasteiger partial charge in [-0.1, -0.05) is 35.9 Å². The summed E-state index contributed by atoms with van der Waals surface area (Å²) in [4.78, 5) is 12.3. The third kappa shape index (κ3) is 4.32. The normalized spacial score (nSPS) is 10.6. The largest absolute Gasteiger partial charge is 0.416 e. The molecular formula is C23H20N4O2. The van der Waals surface area contributed by atoms with Crippen LogP contribution < -0.4 is 10.6 Å². The van der Waals surface area contributed by atoms with Crippen LogP contribution in [-0.2, 0) is 0 Å². The molecule has 0 spiro atoms. The number of carbonyl (C=O) groups is 1. The Morgan fingerprint density at radius 2 is 1.45 bits per heavy atom. The van der Waals surface area contributed by atoms with Crippen LogP contribution in [0.4, 0.5) is 16.2 Å². The molecule has 0 fully saturated rings. The molecule has 0 aliphatic carbocycles. The molecule has 0 aliphatic rings. The Balaban J connectivity index is 1.43. The quantitative estimate of drug-likeness (QED) is 0.475. The van der Waals surface area contributed by atoms with E-state index in [0.29, 0.717) is 17.5 Å². The zero-order valence-electron chi connectivity index (χ0n) is 16.1. The molecule has 2 N–H and O–H groups in total. The number of urea groups is 1. The number of rotatable bonds is 4. The summed E-state index contributed by atoms with van der Waals surface area (Å²) < 4.78 is 5.76. The topological polar surface area (TPSA) is 80.0 Å². The summed E-state index contributed by atoms with van der Waals surface area (Å²) in [5, 5.41) is 13.9. The van der Waals surface area contributed by atoms with Gasteiger partial charge in [0.2, 0.25) is 11.8 Å². The lowest BCUT2D eigenvalue weighted by molar-refractivity contribution is 0.262. The Kier molecular flexibility index (Phi) is 5.07. The summed E-state index contributed by atoms with van der Waals surface area (Å²) in [5.74, 6) is 0.894. The smallest absolute Gasteiger partial charge is 0.323 e. The molecule has 6 heteroatoms. The van der Waals surface area contributed by atoms with Gasteiger partial charge in [-0.25, -0.2) is 4.79 Å². The number of nitrogens with zero attached hydrogens (tertiary/aromatic N) is 2. The highest BCUT2D eigenvalue weighted by Gasteiger charge is 2.11. The van der Waals surface area contributed by atoms with Crippen molar-refractivity contribution in [3.05, 3.63) is 83.9 Å². The summed E-state index contributed by atoms with van der Waals surface area (Å²) in [6.07, 6.45) is 0. The number of carbonyl (C=O) groups excluding carboxylic acids is 1. The zero-order valence-corrected chi connectivity index (χ0v) is 16.1. The predicted octanol–water partition coefficient (Wildman–Crippen LogP) is 5.66. The number of amides is 2. The zero-order chi connectivity index (χ0) is 20.2. The Hall–Kier alpha value is -3.93. The number of anilines is 2. The fraction of sp³-hybridized carbons (Fsp3) is 0.0870. The molecule has 2 amide bonds. The molecule has 4 aromatic rings. The van der Waals surface area contributed by atoms with Gasteiger partial charge in [0.1, 0.15) is 0 Å². The molecule has 0 atom stereocenters. The molecule has 0 unspecified atom stereocenters. The van der Waals surface area contributed by atoms with E-state index in [4.69, 9.17) is 4.42 Å². The van der Waals surface area contributed by atoms with Crippen LogP contribution in [0.3, 0.4) is 0 Å². The first-order valence-corrected chi connectivity index (χ1v) is 9.23. The predicted molar refractivity (Wildman–Crippen MR) is 114 cm³/mol. The van der Waals surface area contributed by atoms with E-state index in [1.54, 1.807) is 12.1 Å². The van der Waals surface area contributed by atoms with E-state index in [-0.39, 0.29) is 6.03 Å². The Labute approximate surface area is 168 Å². The van der Waals surface area contributed by atoms with Crippen LogP contribution in [0.2, 0.25) is 0 Å². The standard InChI is InChI=1S/C23H20N4O2/c1-15-8-13-20(16(2)14-15)25-23(28)24-19-11-9-18(10-12-19)22-27-26-21(29-22)17-6-4-3-5-7-17/h3-14H,1-2H3,(H2,24,25,28). The van der Waals surface area contributed by atoms with Gasteiger partial charge in [-0.05, 0) is 61.9 Å². The molecule has 0 saturated carbocycles. The molecule has 0 radical (unpaired) electrons. The van der Waals surface area contributed by atoms with Crippen LogP contribution in [0.15, 0.2) is 77.2 Å². The fourth-order valence-electron chi connectivity index (χ4n) is 2.97. The van der Waals surface area contributed by atoms with E-state index in [1.165, 1.54) is 0 Å². The minimum atomic E-state index is -0.297. The van der Waals surface area contributed by atoms with Gasteiger partial charge in [-0.15, -0.1) is 10.2 Å². The van der Waals surface area contributed by atoms with E-state index in [2.05, 4.69) is 20.8 Å². The first kappa shape index (κ1) is 18.4. The average molecular weight is 384 g/mol. The second kappa shape index (κ2) is 7.98. The van der Waals surface area contributed by atoms with Crippen LogP contribution >= 0.6 is 0 Å². The molecule has 0 bridgehead atoms. The molecule has 144 valence electrons. The lowest BCUT2D eigenvalue weighted by Gasteiger charge is -2.10. The van der Waals surface area contributed by atoms with Crippen molar-refractivity contribution in [2.75, 3.05) is 10.6 Å². The number of nitrogens with one attached hydrogen (secondary N) is 2. The second-order valence-corrected chi connectivity index (χ2v) is 6.75. The molecule has 3 aromatic carbocycles. The van der Waals surface area contributed by atoms with Crippen molar-refractivity contribution in [1.82, 2.24) is 10.2 Å². The molecule has 1 aromatic heterocycles. The van der Waals surface area contributed by atoms with Crippen LogP contribution in [0.25, 0.3) is 22.9 Å². The van der Waals surface area contributed by atoms with Crippen molar-refractivity contribution in [2.45, 2.75) is 13.8 Å². The first-order chi connectivity index (χ1) is 14.1. The highest BCUT2D eigenvalue weighted by atomic mass is 16.4. The van der Waals surface area contributed by atoms with E-state index < -0.39 is 0 Å². The van der Waals surface area contributed by atoms with Gasteiger partial charge in [0, 0.05) is 22.5 Å². The van der Waals surface area contributed by atoms with E-state index in [0.717, 1.165) is 27.9 Å². The van der Waals surface area contributed by atoms with Gasteiger partial charge in [0.25, 0.3) is 0 Å². The van der Waals surface area contributed by atoms with Crippen LogP contribution in [0.1, 0.15) is 11.1 Å². The van der Waals surface area contributed by atoms with Crippen molar-refractivity contribution < 1.29 is 9.21 Å². The highest BCUT2D eigenvalue weighted by Crippen LogP contribution is 2.25. The Bertz CT molecular complexity index is 1140. The van der Waals surface area contributed by atoms with Crippen molar-refractivity contribution in [1.29, 1.82) is 0 Å². The van der Waals surface area contributed by atoms with Crippen LogP contribution in [-0.4, -0.2) is 16.2 Å². The van der Waals surface area contributed by atoms with E-state index >= 15 is 0 Å². The Morgan fingerprint density at radius 3 is 2.10 bits per heavy atom. The van der Waals surface area contributed by atoms with Gasteiger partial charge in [-0.3, -0.25) is 0 Å². The number of hydrogen-bond donors (Lipinski definition) is 2. The molecule has 6 nitrogen and oxygen atoms in total. The van der Waals surface area contributed by atoms with Crippen molar-refractivity contribution in [2.24, 2.45) is 0 Å². The van der Waals surface area contributed by atoms with Crippen molar-refractivity contribution in [3.8, 4) is 22.9 Å². The van der Waals surface area contributed by atoms with E-state index in [9.17, 15) is 4.79 Å². The summed E-state index contributed by atoms with van der Waals surface area (Å²) in [7, 11) is 0. The highest BCUT2D eigenvalue weighted by molar-refractivity contribution is 6.00. The number of benzene rings is 3. The van der Waals surface area contributed by atoms with Gasteiger partial charge in [-0.2, -0.15) is 0 Å². The monoisotopic (exact) mass is 384 g/mol.